The lowest BCUT2D eigenvalue weighted by atomic mass is 10.2. The van der Waals surface area contributed by atoms with E-state index in [1.165, 1.54) is 12.1 Å². The topological polar surface area (TPSA) is 188 Å². The first-order valence-electron chi connectivity index (χ1n) is 12.1. The zero-order chi connectivity index (χ0) is 28.2. The fourth-order valence-corrected chi connectivity index (χ4v) is 3.23. The molecule has 38 heavy (non-hydrogen) atoms. The van der Waals surface area contributed by atoms with Crippen molar-refractivity contribution in [1.82, 2.24) is 0 Å². The number of nitrogens with zero attached hydrogens (tertiary/aromatic N) is 3. The summed E-state index contributed by atoms with van der Waals surface area (Å²) in [5.41, 5.74) is 8.94. The number of aliphatic hydroxyl groups is 2. The van der Waals surface area contributed by atoms with Crippen molar-refractivity contribution in [3.8, 4) is 0 Å². The Morgan fingerprint density at radius 2 is 1.08 bits per heavy atom. The monoisotopic (exact) mass is 567 g/mol. The summed E-state index contributed by atoms with van der Waals surface area (Å²) >= 11 is 0. The van der Waals surface area contributed by atoms with Gasteiger partial charge in [-0.3, -0.25) is 4.18 Å². The molecule has 0 aliphatic rings. The van der Waals surface area contributed by atoms with Crippen LogP contribution in [0.15, 0.2) is 34.3 Å². The van der Waals surface area contributed by atoms with Crippen LogP contribution in [0.4, 0.5) is 0 Å². The Bertz CT molecular complexity index is 807. The maximum absolute atomic E-state index is 11.9. The second-order valence-corrected chi connectivity index (χ2v) is 8.78. The van der Waals surface area contributed by atoms with Crippen LogP contribution < -0.4 is 0 Å². The van der Waals surface area contributed by atoms with Crippen molar-refractivity contribution in [2.24, 2.45) is 5.11 Å². The van der Waals surface area contributed by atoms with Crippen molar-refractivity contribution in [3.05, 3.63) is 40.3 Å². The molecule has 0 atom stereocenters. The second kappa shape index (κ2) is 26.7. The number of aryl methyl sites for hydroxylation is 1. The number of azide groups is 1. The predicted octanol–water partition coefficient (Wildman–Crippen LogP) is 1.08. The van der Waals surface area contributed by atoms with E-state index in [1.807, 2.05) is 6.92 Å². The fourth-order valence-electron chi connectivity index (χ4n) is 2.34. The van der Waals surface area contributed by atoms with Gasteiger partial charge in [0.1, 0.15) is 0 Å². The summed E-state index contributed by atoms with van der Waals surface area (Å²) in [5, 5.41) is 20.2. The van der Waals surface area contributed by atoms with Gasteiger partial charge in [-0.2, -0.15) is 8.42 Å². The van der Waals surface area contributed by atoms with Gasteiger partial charge in [0.05, 0.1) is 104 Å². The van der Waals surface area contributed by atoms with Gasteiger partial charge >= 0.3 is 0 Å². The van der Waals surface area contributed by atoms with Gasteiger partial charge < -0.3 is 38.6 Å². The molecule has 0 spiro atoms. The molecule has 0 aliphatic heterocycles. The normalized spacial score (nSPS) is 11.0. The van der Waals surface area contributed by atoms with Crippen LogP contribution in [-0.4, -0.2) is 124 Å². The first kappa shape index (κ1) is 36.1. The molecule has 0 radical (unpaired) electrons. The van der Waals surface area contributed by atoms with Crippen LogP contribution in [-0.2, 0) is 42.7 Å². The van der Waals surface area contributed by atoms with Gasteiger partial charge in [-0.05, 0) is 24.6 Å². The van der Waals surface area contributed by atoms with Crippen molar-refractivity contribution < 1.29 is 51.2 Å². The molecule has 0 bridgehead atoms. The van der Waals surface area contributed by atoms with Gasteiger partial charge in [-0.15, -0.1) is 0 Å². The number of benzene rings is 1. The van der Waals surface area contributed by atoms with Crippen molar-refractivity contribution in [2.45, 2.75) is 11.8 Å². The van der Waals surface area contributed by atoms with Gasteiger partial charge in [-0.25, -0.2) is 0 Å². The van der Waals surface area contributed by atoms with Gasteiger partial charge in [0.25, 0.3) is 10.1 Å². The molecular formula is C23H41N3O11S. The average molecular weight is 568 g/mol. The zero-order valence-corrected chi connectivity index (χ0v) is 22.8. The quantitative estimate of drug-likeness (QED) is 0.0598. The van der Waals surface area contributed by atoms with E-state index in [1.54, 1.807) is 12.1 Å². The minimum Gasteiger partial charge on any atom is -0.394 e. The molecule has 0 unspecified atom stereocenters. The lowest BCUT2D eigenvalue weighted by Gasteiger charge is -2.08. The Kier molecular flexibility index (Phi) is 25.4. The minimum atomic E-state index is -3.74. The molecule has 15 heteroatoms. The molecule has 1 aromatic carbocycles. The number of aliphatic hydroxyl groups excluding tert-OH is 2. The molecule has 0 fully saturated rings. The second-order valence-electron chi connectivity index (χ2n) is 7.17. The van der Waals surface area contributed by atoms with Crippen LogP contribution in [0.5, 0.6) is 0 Å². The molecule has 0 amide bonds. The third-order valence-corrected chi connectivity index (χ3v) is 5.46. The fraction of sp³-hybridized carbons (Fsp3) is 0.739. The summed E-state index contributed by atoms with van der Waals surface area (Å²) in [6.45, 7) is 6.89. The molecule has 0 aliphatic carbocycles. The summed E-state index contributed by atoms with van der Waals surface area (Å²) in [6, 6.07) is 6.46. The van der Waals surface area contributed by atoms with Gasteiger partial charge in [-0.1, -0.05) is 22.8 Å². The van der Waals surface area contributed by atoms with E-state index in [-0.39, 0.29) is 31.3 Å². The van der Waals surface area contributed by atoms with Crippen LogP contribution in [0.1, 0.15) is 5.56 Å². The molecule has 0 aromatic heterocycles. The Labute approximate surface area is 224 Å². The molecule has 0 saturated heterocycles. The van der Waals surface area contributed by atoms with Crippen LogP contribution in [0, 0.1) is 6.92 Å². The Morgan fingerprint density at radius 3 is 1.50 bits per heavy atom. The van der Waals surface area contributed by atoms with Crippen LogP contribution in [0.2, 0.25) is 0 Å². The summed E-state index contributed by atoms with van der Waals surface area (Å²) < 4.78 is 59.3. The Morgan fingerprint density at radius 1 is 0.684 bits per heavy atom. The smallest absolute Gasteiger partial charge is 0.297 e. The van der Waals surface area contributed by atoms with E-state index in [9.17, 15) is 8.42 Å². The maximum Gasteiger partial charge on any atom is 0.297 e. The Balaban J connectivity index is 0.000000793. The molecule has 0 saturated carbocycles. The molecule has 1 aromatic rings. The molecule has 14 nitrogen and oxygen atoms in total. The Hall–Kier alpha value is -1.88. The van der Waals surface area contributed by atoms with Crippen LogP contribution >= 0.6 is 0 Å². The number of hydrogen-bond acceptors (Lipinski definition) is 12. The summed E-state index contributed by atoms with van der Waals surface area (Å²) in [5.74, 6) is 0. The van der Waals surface area contributed by atoms with E-state index in [0.29, 0.717) is 79.2 Å². The predicted molar refractivity (Wildman–Crippen MR) is 137 cm³/mol. The average Bonchev–Trinajstić information content (AvgIpc) is 2.91. The molecule has 0 heterocycles. The van der Waals surface area contributed by atoms with Crippen molar-refractivity contribution >= 4 is 10.1 Å². The van der Waals surface area contributed by atoms with E-state index in [2.05, 4.69) is 10.0 Å². The SMILES string of the molecule is Cc1ccc(S(=O)(=O)OCCOCCOCCOCCO)cc1.[N-]=[N+]=NCCOCCOCCOCCO. The van der Waals surface area contributed by atoms with Crippen molar-refractivity contribution in [3.63, 3.8) is 0 Å². The number of ether oxygens (including phenoxy) is 6. The first-order chi connectivity index (χ1) is 18.5. The lowest BCUT2D eigenvalue weighted by Crippen LogP contribution is -2.14. The largest absolute Gasteiger partial charge is 0.394 e. The lowest BCUT2D eigenvalue weighted by molar-refractivity contribution is 0.00389. The van der Waals surface area contributed by atoms with Crippen molar-refractivity contribution in [2.75, 3.05) is 106 Å². The maximum atomic E-state index is 11.9. The van der Waals surface area contributed by atoms with E-state index >= 15 is 0 Å². The van der Waals surface area contributed by atoms with Crippen molar-refractivity contribution in [1.29, 1.82) is 0 Å². The summed E-state index contributed by atoms with van der Waals surface area (Å²) in [7, 11) is -3.74. The zero-order valence-electron chi connectivity index (χ0n) is 21.9. The van der Waals surface area contributed by atoms with Crippen LogP contribution in [0.3, 0.4) is 0 Å². The van der Waals surface area contributed by atoms with Gasteiger partial charge in [0.2, 0.25) is 0 Å². The number of rotatable bonds is 24. The van der Waals surface area contributed by atoms with E-state index < -0.39 is 10.1 Å². The number of hydrogen-bond donors (Lipinski definition) is 2. The highest BCUT2D eigenvalue weighted by atomic mass is 32.2. The highest BCUT2D eigenvalue weighted by Gasteiger charge is 2.14. The molecular weight excluding hydrogens is 526 g/mol. The van der Waals surface area contributed by atoms with Gasteiger partial charge in [0.15, 0.2) is 0 Å². The summed E-state index contributed by atoms with van der Waals surface area (Å²) in [4.78, 5) is 2.72. The van der Waals surface area contributed by atoms with Crippen LogP contribution in [0.25, 0.3) is 10.4 Å². The highest BCUT2D eigenvalue weighted by molar-refractivity contribution is 7.86. The van der Waals surface area contributed by atoms with E-state index in [4.69, 9.17) is 48.3 Å². The van der Waals surface area contributed by atoms with Gasteiger partial charge in [0, 0.05) is 11.5 Å². The third kappa shape index (κ3) is 23.3. The van der Waals surface area contributed by atoms with E-state index in [0.717, 1.165) is 5.56 Å². The first-order valence-corrected chi connectivity index (χ1v) is 13.5. The molecule has 2 N–H and O–H groups in total. The standard InChI is InChI=1S/C15H24O7S.C8H17N3O4/c1-14-2-4-15(5-3-14)23(17,18)22-13-12-21-11-10-20-9-8-19-7-6-16;9-11-10-1-3-13-5-7-15-8-6-14-4-2-12/h2-5,16H,6-13H2,1H3;12H,1-8H2. The minimum absolute atomic E-state index is 0.00535. The third-order valence-electron chi connectivity index (χ3n) is 4.13. The molecule has 220 valence electrons. The molecule has 1 rings (SSSR count). The summed E-state index contributed by atoms with van der Waals surface area (Å²) in [6.07, 6.45) is 0. The highest BCUT2D eigenvalue weighted by Crippen LogP contribution is 2.12.